The second-order valence-electron chi connectivity index (χ2n) is 6.55. The van der Waals surface area contributed by atoms with Crippen LogP contribution in [0.25, 0.3) is 6.08 Å². The number of amides is 1. The minimum atomic E-state index is -0.139. The Balaban J connectivity index is 1.55. The zero-order chi connectivity index (χ0) is 21.5. The van der Waals surface area contributed by atoms with Crippen molar-refractivity contribution in [1.29, 1.82) is 0 Å². The van der Waals surface area contributed by atoms with E-state index in [1.807, 2.05) is 60.7 Å². The standard InChI is InChI=1S/C24H18ClN3O2S/c25-20-13-11-19(12-14-20)16-26-27-24-28(17-21-9-5-15-30-21)23(29)22(31-24)10-4-8-18-6-2-1-3-7-18/h1-16H,17H2/b8-4+,22-10-,26-16+,27-24-. The Labute approximate surface area is 189 Å². The summed E-state index contributed by atoms with van der Waals surface area (Å²) in [6.45, 7) is 0.286. The zero-order valence-corrected chi connectivity index (χ0v) is 18.0. The average Bonchev–Trinajstić information content (AvgIpc) is 3.40. The smallest absolute Gasteiger partial charge is 0.267 e. The molecule has 4 rings (SSSR count). The van der Waals surface area contributed by atoms with Gasteiger partial charge in [-0.15, -0.1) is 5.10 Å². The third kappa shape index (κ3) is 5.63. The maximum absolute atomic E-state index is 13.0. The quantitative estimate of drug-likeness (QED) is 0.264. The monoisotopic (exact) mass is 447 g/mol. The molecule has 2 aromatic carbocycles. The molecule has 0 radical (unpaired) electrons. The number of carbonyl (C=O) groups is 1. The Kier molecular flexibility index (Phi) is 6.82. The van der Waals surface area contributed by atoms with Crippen LogP contribution in [0.2, 0.25) is 5.02 Å². The molecule has 0 atom stereocenters. The van der Waals surface area contributed by atoms with Gasteiger partial charge in [-0.05, 0) is 53.2 Å². The molecule has 0 N–H and O–H groups in total. The number of hydrogen-bond acceptors (Lipinski definition) is 5. The Hall–Kier alpha value is -3.35. The highest BCUT2D eigenvalue weighted by atomic mass is 35.5. The molecule has 154 valence electrons. The second kappa shape index (κ2) is 10.1. The first-order valence-corrected chi connectivity index (χ1v) is 10.7. The van der Waals surface area contributed by atoms with E-state index in [0.717, 1.165) is 11.1 Å². The van der Waals surface area contributed by atoms with Gasteiger partial charge in [0.25, 0.3) is 5.91 Å². The lowest BCUT2D eigenvalue weighted by molar-refractivity contribution is -0.122. The molecule has 0 bridgehead atoms. The van der Waals surface area contributed by atoms with E-state index in [9.17, 15) is 4.79 Å². The largest absolute Gasteiger partial charge is 0.467 e. The summed E-state index contributed by atoms with van der Waals surface area (Å²) in [4.78, 5) is 15.1. The number of nitrogens with zero attached hydrogens (tertiary/aromatic N) is 3. The van der Waals surface area contributed by atoms with E-state index >= 15 is 0 Å². The normalized spacial score (nSPS) is 17.1. The number of hydrogen-bond donors (Lipinski definition) is 0. The van der Waals surface area contributed by atoms with Gasteiger partial charge in [0.1, 0.15) is 5.76 Å². The molecule has 0 saturated carbocycles. The van der Waals surface area contributed by atoms with Crippen molar-refractivity contribution < 1.29 is 9.21 Å². The molecule has 0 spiro atoms. The highest BCUT2D eigenvalue weighted by Gasteiger charge is 2.33. The van der Waals surface area contributed by atoms with Crippen LogP contribution in [0.1, 0.15) is 16.9 Å². The van der Waals surface area contributed by atoms with Gasteiger partial charge in [-0.2, -0.15) is 5.10 Å². The number of furan rings is 1. The fraction of sp³-hybridized carbons (Fsp3) is 0.0417. The first-order chi connectivity index (χ1) is 15.2. The van der Waals surface area contributed by atoms with Crippen molar-refractivity contribution in [2.45, 2.75) is 6.54 Å². The summed E-state index contributed by atoms with van der Waals surface area (Å²) in [6, 6.07) is 20.8. The molecule has 1 fully saturated rings. The van der Waals surface area contributed by atoms with Gasteiger partial charge in [0, 0.05) is 5.02 Å². The van der Waals surface area contributed by atoms with Gasteiger partial charge in [-0.1, -0.05) is 66.2 Å². The van der Waals surface area contributed by atoms with Crippen LogP contribution in [0.15, 0.2) is 105 Å². The van der Waals surface area contributed by atoms with E-state index in [1.54, 1.807) is 41.7 Å². The van der Waals surface area contributed by atoms with Crippen LogP contribution in [-0.4, -0.2) is 22.2 Å². The summed E-state index contributed by atoms with van der Waals surface area (Å²) in [7, 11) is 0. The number of halogens is 1. The van der Waals surface area contributed by atoms with Crippen molar-refractivity contribution >= 4 is 46.7 Å². The number of amidine groups is 1. The van der Waals surface area contributed by atoms with Crippen molar-refractivity contribution in [3.63, 3.8) is 0 Å². The lowest BCUT2D eigenvalue weighted by Gasteiger charge is -2.12. The van der Waals surface area contributed by atoms with Crippen LogP contribution >= 0.6 is 23.4 Å². The average molecular weight is 448 g/mol. The highest BCUT2D eigenvalue weighted by Crippen LogP contribution is 2.32. The maximum atomic E-state index is 13.0. The van der Waals surface area contributed by atoms with Gasteiger partial charge in [-0.25, -0.2) is 0 Å². The first-order valence-electron chi connectivity index (χ1n) is 9.51. The van der Waals surface area contributed by atoms with Crippen LogP contribution in [-0.2, 0) is 11.3 Å². The molecule has 3 aromatic rings. The van der Waals surface area contributed by atoms with E-state index in [2.05, 4.69) is 10.2 Å². The fourth-order valence-electron chi connectivity index (χ4n) is 2.80. The van der Waals surface area contributed by atoms with Crippen molar-refractivity contribution in [2.75, 3.05) is 0 Å². The summed E-state index contributed by atoms with van der Waals surface area (Å²) >= 11 is 7.19. The predicted molar refractivity (Wildman–Crippen MR) is 127 cm³/mol. The lowest BCUT2D eigenvalue weighted by Crippen LogP contribution is -2.28. The van der Waals surface area contributed by atoms with Crippen molar-refractivity contribution in [1.82, 2.24) is 4.90 Å². The summed E-state index contributed by atoms with van der Waals surface area (Å²) in [5, 5.41) is 9.59. The zero-order valence-electron chi connectivity index (χ0n) is 16.4. The minimum absolute atomic E-state index is 0.139. The molecular formula is C24H18ClN3O2S. The van der Waals surface area contributed by atoms with Gasteiger partial charge in [0.2, 0.25) is 0 Å². The van der Waals surface area contributed by atoms with E-state index in [4.69, 9.17) is 16.0 Å². The molecule has 1 aliphatic rings. The molecule has 1 saturated heterocycles. The molecule has 1 aliphatic heterocycles. The van der Waals surface area contributed by atoms with Gasteiger partial charge in [-0.3, -0.25) is 9.69 Å². The maximum Gasteiger partial charge on any atom is 0.267 e. The van der Waals surface area contributed by atoms with E-state index in [0.29, 0.717) is 20.9 Å². The molecule has 0 aliphatic carbocycles. The fourth-order valence-corrected chi connectivity index (χ4v) is 3.81. The van der Waals surface area contributed by atoms with Gasteiger partial charge in [0.15, 0.2) is 5.17 Å². The molecular weight excluding hydrogens is 430 g/mol. The topological polar surface area (TPSA) is 58.2 Å². The molecule has 7 heteroatoms. The molecule has 31 heavy (non-hydrogen) atoms. The Morgan fingerprint density at radius 1 is 1.00 bits per heavy atom. The third-order valence-corrected chi connectivity index (χ3v) is 5.61. The Morgan fingerprint density at radius 3 is 2.55 bits per heavy atom. The van der Waals surface area contributed by atoms with Crippen LogP contribution in [0.4, 0.5) is 0 Å². The van der Waals surface area contributed by atoms with Crippen molar-refractivity contribution in [3.05, 3.63) is 112 Å². The number of rotatable bonds is 6. The molecule has 1 aromatic heterocycles. The molecule has 5 nitrogen and oxygen atoms in total. The Bertz CT molecular complexity index is 1150. The second-order valence-corrected chi connectivity index (χ2v) is 8.00. The van der Waals surface area contributed by atoms with E-state index in [-0.39, 0.29) is 12.5 Å². The van der Waals surface area contributed by atoms with Crippen LogP contribution in [0.5, 0.6) is 0 Å². The SMILES string of the molecule is O=C1/C(=C/C=C/c2ccccc2)S/C(=N\N=C\c2ccc(Cl)cc2)N1Cc1ccco1. The van der Waals surface area contributed by atoms with Gasteiger partial charge < -0.3 is 4.42 Å². The van der Waals surface area contributed by atoms with Crippen LogP contribution < -0.4 is 0 Å². The third-order valence-electron chi connectivity index (χ3n) is 4.34. The highest BCUT2D eigenvalue weighted by molar-refractivity contribution is 8.18. The molecule has 1 amide bonds. The summed E-state index contributed by atoms with van der Waals surface area (Å²) in [6.07, 6.45) is 8.81. The number of benzene rings is 2. The molecule has 0 unspecified atom stereocenters. The van der Waals surface area contributed by atoms with Crippen LogP contribution in [0, 0.1) is 0 Å². The minimum Gasteiger partial charge on any atom is -0.467 e. The first kappa shape index (κ1) is 20.9. The van der Waals surface area contributed by atoms with Crippen LogP contribution in [0.3, 0.4) is 0 Å². The van der Waals surface area contributed by atoms with Gasteiger partial charge >= 0.3 is 0 Å². The lowest BCUT2D eigenvalue weighted by atomic mass is 10.2. The number of thioether (sulfide) groups is 1. The van der Waals surface area contributed by atoms with E-state index < -0.39 is 0 Å². The Morgan fingerprint density at radius 2 is 1.81 bits per heavy atom. The summed E-state index contributed by atoms with van der Waals surface area (Å²) in [5.41, 5.74) is 1.92. The molecule has 2 heterocycles. The van der Waals surface area contributed by atoms with Gasteiger partial charge in [0.05, 0.1) is 23.9 Å². The number of allylic oxidation sites excluding steroid dienone is 2. The summed E-state index contributed by atoms with van der Waals surface area (Å²) in [5.74, 6) is 0.531. The number of carbonyl (C=O) groups excluding carboxylic acids is 1. The summed E-state index contributed by atoms with van der Waals surface area (Å²) < 4.78 is 5.41. The van der Waals surface area contributed by atoms with Crippen molar-refractivity contribution in [2.24, 2.45) is 10.2 Å². The van der Waals surface area contributed by atoms with E-state index in [1.165, 1.54) is 11.8 Å². The van der Waals surface area contributed by atoms with Crippen molar-refractivity contribution in [3.8, 4) is 0 Å². The predicted octanol–water partition coefficient (Wildman–Crippen LogP) is 6.00.